The minimum Gasteiger partial charge on any atom is -0.387 e. The first-order chi connectivity index (χ1) is 5.75. The fourth-order valence-corrected chi connectivity index (χ4v) is 0.968. The number of hydrogen-bond acceptors (Lipinski definition) is 2. The van der Waals surface area contributed by atoms with Crippen LogP contribution in [0.5, 0.6) is 0 Å². The second-order valence-corrected chi connectivity index (χ2v) is 2.73. The van der Waals surface area contributed by atoms with E-state index in [1.54, 1.807) is 18.1 Å². The molecule has 0 radical (unpaired) electrons. The summed E-state index contributed by atoms with van der Waals surface area (Å²) in [5.41, 5.74) is 0.727. The molecule has 1 aliphatic heterocycles. The second kappa shape index (κ2) is 3.95. The van der Waals surface area contributed by atoms with Crippen LogP contribution in [0.2, 0.25) is 0 Å². The predicted molar refractivity (Wildman–Crippen MR) is 48.5 cm³/mol. The number of hydrogen-bond donors (Lipinski definition) is 1. The summed E-state index contributed by atoms with van der Waals surface area (Å²) in [4.78, 5) is 13.2. The number of likely N-dealkylation sites (N-methyl/N-ethyl adjacent to an activating group) is 1. The Balaban J connectivity index is 2.63. The van der Waals surface area contributed by atoms with Crippen LogP contribution in [0.15, 0.2) is 23.9 Å². The average molecular weight is 166 g/mol. The van der Waals surface area contributed by atoms with Gasteiger partial charge in [0.25, 0.3) is 5.91 Å². The lowest BCUT2D eigenvalue weighted by molar-refractivity contribution is -0.125. The van der Waals surface area contributed by atoms with E-state index in [-0.39, 0.29) is 5.91 Å². The molecule has 0 aliphatic carbocycles. The highest BCUT2D eigenvalue weighted by Crippen LogP contribution is 2.03. The van der Waals surface area contributed by atoms with Crippen LogP contribution in [-0.4, -0.2) is 30.9 Å². The molecule has 1 N–H and O–H groups in total. The van der Waals surface area contributed by atoms with Gasteiger partial charge < -0.3 is 10.2 Å². The number of carbonyl (C=O) groups excluding carboxylic acids is 1. The minimum absolute atomic E-state index is 0.0703. The lowest BCUT2D eigenvalue weighted by Crippen LogP contribution is -2.29. The lowest BCUT2D eigenvalue weighted by atomic mass is 10.2. The summed E-state index contributed by atoms with van der Waals surface area (Å²) in [6.07, 6.45) is 5.55. The van der Waals surface area contributed by atoms with E-state index in [4.69, 9.17) is 0 Å². The van der Waals surface area contributed by atoms with E-state index in [0.29, 0.717) is 0 Å². The summed E-state index contributed by atoms with van der Waals surface area (Å²) < 4.78 is 0. The van der Waals surface area contributed by atoms with Gasteiger partial charge in [0.15, 0.2) is 0 Å². The van der Waals surface area contributed by atoms with Crippen molar-refractivity contribution >= 4 is 5.91 Å². The maximum Gasteiger partial charge on any atom is 0.255 e. The number of amides is 1. The van der Waals surface area contributed by atoms with Crippen molar-refractivity contribution in [1.29, 1.82) is 0 Å². The Morgan fingerprint density at radius 1 is 1.75 bits per heavy atom. The van der Waals surface area contributed by atoms with Crippen molar-refractivity contribution in [3.05, 3.63) is 23.9 Å². The number of rotatable bonds is 2. The van der Waals surface area contributed by atoms with Crippen LogP contribution >= 0.6 is 0 Å². The molecule has 12 heavy (non-hydrogen) atoms. The topological polar surface area (TPSA) is 32.3 Å². The maximum atomic E-state index is 11.5. The highest BCUT2D eigenvalue weighted by molar-refractivity contribution is 5.96. The zero-order valence-corrected chi connectivity index (χ0v) is 7.50. The third-order valence-corrected chi connectivity index (χ3v) is 1.86. The van der Waals surface area contributed by atoms with Gasteiger partial charge in [-0.15, -0.1) is 0 Å². The van der Waals surface area contributed by atoms with Crippen LogP contribution in [0.3, 0.4) is 0 Å². The van der Waals surface area contributed by atoms with Crippen molar-refractivity contribution in [2.45, 2.75) is 6.92 Å². The van der Waals surface area contributed by atoms with Gasteiger partial charge in [-0.3, -0.25) is 4.79 Å². The highest BCUT2D eigenvalue weighted by Gasteiger charge is 2.11. The summed E-state index contributed by atoms with van der Waals surface area (Å²) >= 11 is 0. The molecule has 0 spiro atoms. The van der Waals surface area contributed by atoms with E-state index < -0.39 is 0 Å². The van der Waals surface area contributed by atoms with Gasteiger partial charge in [0.05, 0.1) is 5.57 Å². The molecule has 0 aromatic heterocycles. The van der Waals surface area contributed by atoms with E-state index in [0.717, 1.165) is 18.7 Å². The smallest absolute Gasteiger partial charge is 0.255 e. The van der Waals surface area contributed by atoms with E-state index in [2.05, 4.69) is 5.32 Å². The van der Waals surface area contributed by atoms with E-state index in [1.807, 2.05) is 19.1 Å². The Morgan fingerprint density at radius 2 is 2.50 bits per heavy atom. The van der Waals surface area contributed by atoms with Crippen LogP contribution in [-0.2, 0) is 4.79 Å². The van der Waals surface area contributed by atoms with Crippen molar-refractivity contribution in [2.24, 2.45) is 0 Å². The van der Waals surface area contributed by atoms with Gasteiger partial charge >= 0.3 is 0 Å². The van der Waals surface area contributed by atoms with E-state index in [1.165, 1.54) is 0 Å². The van der Waals surface area contributed by atoms with Crippen LogP contribution in [0.1, 0.15) is 6.92 Å². The molecular formula is C9H14N2O. The Hall–Kier alpha value is -1.25. The van der Waals surface area contributed by atoms with Gasteiger partial charge in [-0.25, -0.2) is 0 Å². The lowest BCUT2D eigenvalue weighted by Gasteiger charge is -2.16. The van der Waals surface area contributed by atoms with Crippen LogP contribution in [0.4, 0.5) is 0 Å². The van der Waals surface area contributed by atoms with Crippen LogP contribution in [0, 0.1) is 0 Å². The first kappa shape index (κ1) is 8.84. The van der Waals surface area contributed by atoms with Gasteiger partial charge in [0, 0.05) is 26.3 Å². The van der Waals surface area contributed by atoms with Crippen LogP contribution in [0.25, 0.3) is 0 Å². The SMILES string of the molecule is CCN(C)C(=O)C1=CNCC=C1. The van der Waals surface area contributed by atoms with Crippen molar-refractivity contribution < 1.29 is 4.79 Å². The zero-order chi connectivity index (χ0) is 8.97. The molecular weight excluding hydrogens is 152 g/mol. The molecule has 0 unspecified atom stereocenters. The van der Waals surface area contributed by atoms with Crippen molar-refractivity contribution in [3.63, 3.8) is 0 Å². The van der Waals surface area contributed by atoms with Gasteiger partial charge in [0.2, 0.25) is 0 Å². The monoisotopic (exact) mass is 166 g/mol. The quantitative estimate of drug-likeness (QED) is 0.648. The minimum atomic E-state index is 0.0703. The summed E-state index contributed by atoms with van der Waals surface area (Å²) in [5.74, 6) is 0.0703. The Morgan fingerprint density at radius 3 is 3.00 bits per heavy atom. The molecule has 0 bridgehead atoms. The number of carbonyl (C=O) groups is 1. The van der Waals surface area contributed by atoms with Crippen LogP contribution < -0.4 is 5.32 Å². The van der Waals surface area contributed by atoms with Gasteiger partial charge in [-0.2, -0.15) is 0 Å². The molecule has 0 aromatic rings. The predicted octanol–water partition coefficient (Wildman–Crippen LogP) is 0.508. The number of nitrogens with one attached hydrogen (secondary N) is 1. The molecule has 1 aliphatic rings. The third kappa shape index (κ3) is 1.87. The van der Waals surface area contributed by atoms with E-state index >= 15 is 0 Å². The third-order valence-electron chi connectivity index (χ3n) is 1.86. The standard InChI is InChI=1S/C9H14N2O/c1-3-11(2)9(12)8-5-4-6-10-7-8/h4-5,7,10H,3,6H2,1-2H3. The average Bonchev–Trinajstić information content (AvgIpc) is 2.17. The van der Waals surface area contributed by atoms with Crippen molar-refractivity contribution in [3.8, 4) is 0 Å². The number of dihydropyridines is 1. The molecule has 0 fully saturated rings. The summed E-state index contributed by atoms with van der Waals surface area (Å²) in [7, 11) is 1.80. The van der Waals surface area contributed by atoms with Crippen molar-refractivity contribution in [2.75, 3.05) is 20.1 Å². The fraction of sp³-hybridized carbons (Fsp3) is 0.444. The molecule has 0 saturated heterocycles. The van der Waals surface area contributed by atoms with Crippen molar-refractivity contribution in [1.82, 2.24) is 10.2 Å². The highest BCUT2D eigenvalue weighted by atomic mass is 16.2. The molecule has 3 heteroatoms. The largest absolute Gasteiger partial charge is 0.387 e. The van der Waals surface area contributed by atoms with Gasteiger partial charge in [-0.1, -0.05) is 12.2 Å². The normalized spacial score (nSPS) is 15.0. The molecule has 0 atom stereocenters. The number of nitrogens with zero attached hydrogens (tertiary/aromatic N) is 1. The van der Waals surface area contributed by atoms with E-state index in [9.17, 15) is 4.79 Å². The molecule has 1 amide bonds. The second-order valence-electron chi connectivity index (χ2n) is 2.73. The molecule has 0 aromatic carbocycles. The fourth-order valence-electron chi connectivity index (χ4n) is 0.968. The maximum absolute atomic E-state index is 11.5. The summed E-state index contributed by atoms with van der Waals surface area (Å²) in [6, 6.07) is 0. The molecule has 1 rings (SSSR count). The molecule has 66 valence electrons. The zero-order valence-electron chi connectivity index (χ0n) is 7.50. The Labute approximate surface area is 72.7 Å². The van der Waals surface area contributed by atoms with Gasteiger partial charge in [0.1, 0.15) is 0 Å². The molecule has 0 saturated carbocycles. The summed E-state index contributed by atoms with van der Waals surface area (Å²) in [6.45, 7) is 3.51. The molecule has 3 nitrogen and oxygen atoms in total. The van der Waals surface area contributed by atoms with Gasteiger partial charge in [-0.05, 0) is 6.92 Å². The first-order valence-electron chi connectivity index (χ1n) is 4.11. The summed E-state index contributed by atoms with van der Waals surface area (Å²) in [5, 5.41) is 3.00. The Bertz CT molecular complexity index is 231. The Kier molecular flexibility index (Phi) is 2.91. The molecule has 1 heterocycles. The first-order valence-corrected chi connectivity index (χ1v) is 4.11.